The maximum Gasteiger partial charge on any atom is 0.338 e. The number of hydrogen-bond acceptors (Lipinski definition) is 6. The highest BCUT2D eigenvalue weighted by Crippen LogP contribution is 2.20. The van der Waals surface area contributed by atoms with Gasteiger partial charge in [-0.2, -0.15) is 0 Å². The number of nitrogens with one attached hydrogen (secondary N) is 1. The Labute approximate surface area is 137 Å². The highest BCUT2D eigenvalue weighted by Gasteiger charge is 2.20. The largest absolute Gasteiger partial charge is 0.465 e. The number of nitrogens with zero attached hydrogens (tertiary/aromatic N) is 1. The van der Waals surface area contributed by atoms with E-state index in [0.717, 1.165) is 19.2 Å². The lowest BCUT2D eigenvalue weighted by atomic mass is 10.1. The van der Waals surface area contributed by atoms with E-state index in [2.05, 4.69) is 10.1 Å². The molecule has 8 nitrogen and oxygen atoms in total. The molecule has 0 spiro atoms. The molecule has 1 heterocycles. The van der Waals surface area contributed by atoms with Crippen LogP contribution in [-0.4, -0.2) is 23.9 Å². The number of nitro benzene ring substituents is 1. The van der Waals surface area contributed by atoms with Crippen molar-refractivity contribution < 1.29 is 23.7 Å². The van der Waals surface area contributed by atoms with Crippen molar-refractivity contribution in [2.75, 3.05) is 7.11 Å². The van der Waals surface area contributed by atoms with Gasteiger partial charge < -0.3 is 14.5 Å². The summed E-state index contributed by atoms with van der Waals surface area (Å²) in [5.41, 5.74) is -0.456. The fourth-order valence-electron chi connectivity index (χ4n) is 2.12. The highest BCUT2D eigenvalue weighted by molar-refractivity contribution is 5.99. The molecule has 0 radical (unpaired) electrons. The molecule has 0 aliphatic heterocycles. The van der Waals surface area contributed by atoms with E-state index in [0.29, 0.717) is 11.5 Å². The number of non-ortho nitro benzene ring substituents is 1. The van der Waals surface area contributed by atoms with Crippen molar-refractivity contribution in [3.05, 3.63) is 63.1 Å². The number of amides is 1. The van der Waals surface area contributed by atoms with E-state index in [-0.39, 0.29) is 16.8 Å². The molecular formula is C16H16N2O6. The average Bonchev–Trinajstić information content (AvgIpc) is 3.00. The zero-order valence-corrected chi connectivity index (χ0v) is 13.4. The molecule has 0 aliphatic rings. The van der Waals surface area contributed by atoms with Gasteiger partial charge in [-0.3, -0.25) is 14.9 Å². The summed E-state index contributed by atoms with van der Waals surface area (Å²) < 4.78 is 9.98. The van der Waals surface area contributed by atoms with Gasteiger partial charge in [-0.1, -0.05) is 0 Å². The lowest BCUT2D eigenvalue weighted by molar-refractivity contribution is -0.384. The van der Waals surface area contributed by atoms with E-state index in [1.54, 1.807) is 26.0 Å². The van der Waals surface area contributed by atoms with Crippen LogP contribution in [0.4, 0.5) is 5.69 Å². The van der Waals surface area contributed by atoms with Crippen LogP contribution < -0.4 is 5.32 Å². The van der Waals surface area contributed by atoms with E-state index in [9.17, 15) is 19.7 Å². The van der Waals surface area contributed by atoms with Gasteiger partial charge in [0.2, 0.25) is 0 Å². The molecule has 24 heavy (non-hydrogen) atoms. The Hall–Kier alpha value is -3.16. The minimum atomic E-state index is -0.762. The van der Waals surface area contributed by atoms with Crippen molar-refractivity contribution in [1.29, 1.82) is 0 Å². The first-order valence-electron chi connectivity index (χ1n) is 7.07. The molecule has 1 amide bonds. The first-order chi connectivity index (χ1) is 11.3. The van der Waals surface area contributed by atoms with Gasteiger partial charge in [0, 0.05) is 17.7 Å². The Morgan fingerprint density at radius 1 is 1.25 bits per heavy atom. The lowest BCUT2D eigenvalue weighted by Crippen LogP contribution is -2.26. The lowest BCUT2D eigenvalue weighted by Gasteiger charge is -2.12. The summed E-state index contributed by atoms with van der Waals surface area (Å²) >= 11 is 0. The van der Waals surface area contributed by atoms with Crippen LogP contribution in [0.2, 0.25) is 0 Å². The average molecular weight is 332 g/mol. The van der Waals surface area contributed by atoms with Crippen LogP contribution in [0.25, 0.3) is 0 Å². The van der Waals surface area contributed by atoms with Crippen molar-refractivity contribution in [3.8, 4) is 0 Å². The number of furan rings is 1. The van der Waals surface area contributed by atoms with E-state index in [1.165, 1.54) is 6.07 Å². The molecular weight excluding hydrogens is 316 g/mol. The van der Waals surface area contributed by atoms with E-state index >= 15 is 0 Å². The second-order valence-electron chi connectivity index (χ2n) is 5.16. The fraction of sp³-hybridized carbons (Fsp3) is 0.250. The Kier molecular flexibility index (Phi) is 4.98. The predicted molar refractivity (Wildman–Crippen MR) is 83.8 cm³/mol. The van der Waals surface area contributed by atoms with Gasteiger partial charge in [0.05, 0.1) is 23.6 Å². The third-order valence-corrected chi connectivity index (χ3v) is 3.35. The van der Waals surface area contributed by atoms with Crippen LogP contribution in [0.1, 0.15) is 45.2 Å². The SMILES string of the molecule is COC(=O)c1cc(C(=O)NC(C)c2ccc(C)o2)cc([N+](=O)[O-])c1. The molecule has 0 saturated heterocycles. The molecule has 1 aromatic heterocycles. The van der Waals surface area contributed by atoms with Gasteiger partial charge >= 0.3 is 5.97 Å². The molecule has 1 unspecified atom stereocenters. The molecule has 1 aromatic carbocycles. The van der Waals surface area contributed by atoms with Crippen molar-refractivity contribution >= 4 is 17.6 Å². The second kappa shape index (κ2) is 6.95. The van der Waals surface area contributed by atoms with Crippen LogP contribution in [0.3, 0.4) is 0 Å². The van der Waals surface area contributed by atoms with Gasteiger partial charge in [-0.15, -0.1) is 0 Å². The number of carbonyl (C=O) groups is 2. The molecule has 126 valence electrons. The molecule has 2 rings (SSSR count). The third-order valence-electron chi connectivity index (χ3n) is 3.35. The van der Waals surface area contributed by atoms with Gasteiger partial charge in [-0.05, 0) is 32.0 Å². The molecule has 0 aliphatic carbocycles. The van der Waals surface area contributed by atoms with Gasteiger partial charge in [-0.25, -0.2) is 4.79 Å². The van der Waals surface area contributed by atoms with Gasteiger partial charge in [0.25, 0.3) is 11.6 Å². The number of ether oxygens (including phenoxy) is 1. The number of hydrogen-bond donors (Lipinski definition) is 1. The first kappa shape index (κ1) is 17.2. The maximum absolute atomic E-state index is 12.3. The quantitative estimate of drug-likeness (QED) is 0.512. The van der Waals surface area contributed by atoms with Crippen molar-refractivity contribution in [1.82, 2.24) is 5.32 Å². The highest BCUT2D eigenvalue weighted by atomic mass is 16.6. The van der Waals surface area contributed by atoms with Crippen LogP contribution in [0.15, 0.2) is 34.7 Å². The Bertz CT molecular complexity index is 796. The number of benzene rings is 1. The molecule has 2 aromatic rings. The standard InChI is InChI=1S/C16H16N2O6/c1-9-4-5-14(24-9)10(2)17-15(19)11-6-12(16(20)23-3)8-13(7-11)18(21)22/h4-8,10H,1-3H3,(H,17,19). The number of rotatable bonds is 5. The van der Waals surface area contributed by atoms with E-state index in [4.69, 9.17) is 4.42 Å². The van der Waals surface area contributed by atoms with Crippen LogP contribution >= 0.6 is 0 Å². The van der Waals surface area contributed by atoms with Crippen LogP contribution in [0.5, 0.6) is 0 Å². The van der Waals surface area contributed by atoms with Gasteiger partial charge in [0.15, 0.2) is 0 Å². The summed E-state index contributed by atoms with van der Waals surface area (Å²) in [7, 11) is 1.15. The monoisotopic (exact) mass is 332 g/mol. The summed E-state index contributed by atoms with van der Waals surface area (Å²) in [6, 6.07) is 6.46. The normalized spacial score (nSPS) is 11.6. The first-order valence-corrected chi connectivity index (χ1v) is 7.07. The minimum absolute atomic E-state index is 0.0141. The minimum Gasteiger partial charge on any atom is -0.465 e. The van der Waals surface area contributed by atoms with Crippen molar-refractivity contribution in [3.63, 3.8) is 0 Å². The molecule has 8 heteroatoms. The van der Waals surface area contributed by atoms with Crippen LogP contribution in [0, 0.1) is 17.0 Å². The fourth-order valence-corrected chi connectivity index (χ4v) is 2.12. The molecule has 1 N–H and O–H groups in total. The summed E-state index contributed by atoms with van der Waals surface area (Å²) in [6.07, 6.45) is 0. The summed E-state index contributed by atoms with van der Waals surface area (Å²) in [4.78, 5) is 34.3. The zero-order valence-electron chi connectivity index (χ0n) is 13.4. The third kappa shape index (κ3) is 3.78. The Morgan fingerprint density at radius 3 is 2.46 bits per heavy atom. The Morgan fingerprint density at radius 2 is 1.92 bits per heavy atom. The molecule has 0 saturated carbocycles. The number of methoxy groups -OCH3 is 1. The number of carbonyl (C=O) groups excluding carboxylic acids is 2. The molecule has 0 bridgehead atoms. The van der Waals surface area contributed by atoms with Crippen molar-refractivity contribution in [2.24, 2.45) is 0 Å². The van der Waals surface area contributed by atoms with E-state index < -0.39 is 22.8 Å². The van der Waals surface area contributed by atoms with Crippen LogP contribution in [-0.2, 0) is 4.74 Å². The number of aryl methyl sites for hydroxylation is 1. The molecule has 0 fully saturated rings. The van der Waals surface area contributed by atoms with Crippen molar-refractivity contribution in [2.45, 2.75) is 19.9 Å². The van der Waals surface area contributed by atoms with Gasteiger partial charge in [0.1, 0.15) is 11.5 Å². The topological polar surface area (TPSA) is 112 Å². The second-order valence-corrected chi connectivity index (χ2v) is 5.16. The zero-order chi connectivity index (χ0) is 17.9. The smallest absolute Gasteiger partial charge is 0.338 e. The summed E-state index contributed by atoms with van der Waals surface area (Å²) in [6.45, 7) is 3.50. The number of esters is 1. The summed E-state index contributed by atoms with van der Waals surface area (Å²) in [5.74, 6) is -0.0678. The number of nitro groups is 1. The molecule has 1 atom stereocenters. The maximum atomic E-state index is 12.3. The summed E-state index contributed by atoms with van der Waals surface area (Å²) in [5, 5.41) is 13.7. The predicted octanol–water partition coefficient (Wildman–Crippen LogP) is 2.77. The van der Waals surface area contributed by atoms with E-state index in [1.807, 2.05) is 0 Å². The Balaban J connectivity index is 2.29.